The Morgan fingerprint density at radius 2 is 2.14 bits per heavy atom. The molecule has 2 aromatic rings. The number of halogens is 1. The molecule has 1 atom stereocenters. The molecule has 2 rings (SSSR count). The molecule has 0 fully saturated rings. The zero-order valence-corrected chi connectivity index (χ0v) is 14.4. The third-order valence-corrected chi connectivity index (χ3v) is 3.83. The molecule has 1 aromatic carbocycles. The summed E-state index contributed by atoms with van der Waals surface area (Å²) in [7, 11) is 0. The number of benzene rings is 1. The van der Waals surface area contributed by atoms with Crippen molar-refractivity contribution >= 4 is 15.9 Å². The molecule has 0 saturated heterocycles. The van der Waals surface area contributed by atoms with E-state index < -0.39 is 0 Å². The molecule has 2 N–H and O–H groups in total. The Morgan fingerprint density at radius 3 is 2.76 bits per heavy atom. The molecule has 0 aliphatic carbocycles. The van der Waals surface area contributed by atoms with Gasteiger partial charge in [0.05, 0.1) is 15.9 Å². The largest absolute Gasteiger partial charge is 0.486 e. The third-order valence-electron chi connectivity index (χ3n) is 3.21. The second-order valence-electron chi connectivity index (χ2n) is 5.33. The second kappa shape index (κ2) is 7.09. The van der Waals surface area contributed by atoms with Crippen LogP contribution in [0.25, 0.3) is 0 Å². The topological polar surface area (TPSA) is 53.1 Å². The van der Waals surface area contributed by atoms with Crippen LogP contribution in [-0.2, 0) is 19.6 Å². The molecular weight excluding hydrogens is 330 g/mol. The van der Waals surface area contributed by atoms with Crippen molar-refractivity contribution in [3.63, 3.8) is 0 Å². The summed E-state index contributed by atoms with van der Waals surface area (Å²) in [6, 6.07) is 8.33. The van der Waals surface area contributed by atoms with Gasteiger partial charge in [-0.25, -0.2) is 0 Å². The summed E-state index contributed by atoms with van der Waals surface area (Å²) in [5.74, 6) is 0.838. The lowest BCUT2D eigenvalue weighted by Crippen LogP contribution is -2.17. The number of nitrogens with zero attached hydrogens (tertiary/aromatic N) is 2. The Labute approximate surface area is 134 Å². The smallest absolute Gasteiger partial charge is 0.134 e. The third kappa shape index (κ3) is 4.32. The highest BCUT2D eigenvalue weighted by molar-refractivity contribution is 9.10. The van der Waals surface area contributed by atoms with Crippen LogP contribution in [0.1, 0.15) is 30.8 Å². The summed E-state index contributed by atoms with van der Waals surface area (Å²) in [4.78, 5) is 0. The predicted molar refractivity (Wildman–Crippen MR) is 88.5 cm³/mol. The molecule has 114 valence electrons. The van der Waals surface area contributed by atoms with Gasteiger partial charge < -0.3 is 10.5 Å². The van der Waals surface area contributed by atoms with Gasteiger partial charge in [-0.3, -0.25) is 4.68 Å². The van der Waals surface area contributed by atoms with Crippen LogP contribution in [-0.4, -0.2) is 15.8 Å². The van der Waals surface area contributed by atoms with Gasteiger partial charge in [-0.1, -0.05) is 6.07 Å². The van der Waals surface area contributed by atoms with Crippen LogP contribution in [0.2, 0.25) is 0 Å². The molecule has 5 heteroatoms. The van der Waals surface area contributed by atoms with E-state index in [-0.39, 0.29) is 6.04 Å². The molecule has 0 radical (unpaired) electrons. The van der Waals surface area contributed by atoms with E-state index >= 15 is 0 Å². The molecule has 1 unspecified atom stereocenters. The molecule has 0 bridgehead atoms. The molecule has 1 heterocycles. The number of aryl methyl sites for hydroxylation is 2. The first kappa shape index (κ1) is 16.0. The highest BCUT2D eigenvalue weighted by Gasteiger charge is 2.08. The highest BCUT2D eigenvalue weighted by atomic mass is 79.9. The van der Waals surface area contributed by atoms with Crippen LogP contribution >= 0.6 is 15.9 Å². The van der Waals surface area contributed by atoms with Gasteiger partial charge in [-0.15, -0.1) is 0 Å². The van der Waals surface area contributed by atoms with E-state index in [9.17, 15) is 0 Å². The number of rotatable bonds is 6. The maximum Gasteiger partial charge on any atom is 0.134 e. The first-order chi connectivity index (χ1) is 9.99. The fourth-order valence-corrected chi connectivity index (χ4v) is 2.84. The Morgan fingerprint density at radius 1 is 1.38 bits per heavy atom. The van der Waals surface area contributed by atoms with Crippen molar-refractivity contribution in [1.82, 2.24) is 9.78 Å². The van der Waals surface area contributed by atoms with Crippen LogP contribution in [0.4, 0.5) is 0 Å². The van der Waals surface area contributed by atoms with E-state index in [0.29, 0.717) is 6.61 Å². The predicted octanol–water partition coefficient (Wildman–Crippen LogP) is 3.44. The van der Waals surface area contributed by atoms with Crippen molar-refractivity contribution in [1.29, 1.82) is 0 Å². The molecule has 0 aliphatic rings. The number of hydrogen-bond donors (Lipinski definition) is 1. The van der Waals surface area contributed by atoms with E-state index in [1.807, 2.05) is 24.6 Å². The van der Waals surface area contributed by atoms with Crippen LogP contribution in [0.5, 0.6) is 5.75 Å². The average molecular weight is 352 g/mol. The lowest BCUT2D eigenvalue weighted by Gasteiger charge is -2.11. The zero-order chi connectivity index (χ0) is 15.4. The second-order valence-corrected chi connectivity index (χ2v) is 6.18. The summed E-state index contributed by atoms with van der Waals surface area (Å²) in [5.41, 5.74) is 9.13. The van der Waals surface area contributed by atoms with Crippen LogP contribution < -0.4 is 10.5 Å². The standard InChI is InChI=1S/C16H22BrN3O/c1-4-20-14(8-12(3)19-20)10-21-16-6-5-13(7-11(2)18)9-15(16)17/h5-6,8-9,11H,4,7,10,18H2,1-3H3. The number of aromatic nitrogens is 2. The Bertz CT molecular complexity index is 608. The monoisotopic (exact) mass is 351 g/mol. The van der Waals surface area contributed by atoms with E-state index in [0.717, 1.165) is 34.6 Å². The molecular formula is C16H22BrN3O. The quantitative estimate of drug-likeness (QED) is 0.867. The van der Waals surface area contributed by atoms with Gasteiger partial charge >= 0.3 is 0 Å². The summed E-state index contributed by atoms with van der Waals surface area (Å²) < 4.78 is 8.82. The molecule has 0 aliphatic heterocycles. The minimum atomic E-state index is 0.158. The minimum Gasteiger partial charge on any atom is -0.486 e. The number of ether oxygens (including phenoxy) is 1. The molecule has 21 heavy (non-hydrogen) atoms. The number of nitrogens with two attached hydrogens (primary N) is 1. The molecule has 0 spiro atoms. The van der Waals surface area contributed by atoms with Gasteiger partial charge in [0.15, 0.2) is 0 Å². The van der Waals surface area contributed by atoms with Crippen molar-refractivity contribution in [2.45, 2.75) is 46.4 Å². The summed E-state index contributed by atoms with van der Waals surface area (Å²) >= 11 is 3.56. The van der Waals surface area contributed by atoms with Crippen molar-refractivity contribution in [3.05, 3.63) is 45.7 Å². The normalized spacial score (nSPS) is 12.4. The summed E-state index contributed by atoms with van der Waals surface area (Å²) in [5, 5.41) is 4.42. The van der Waals surface area contributed by atoms with Gasteiger partial charge in [0.1, 0.15) is 12.4 Å². The SMILES string of the molecule is CCn1nc(C)cc1COc1ccc(CC(C)N)cc1Br. The highest BCUT2D eigenvalue weighted by Crippen LogP contribution is 2.27. The van der Waals surface area contributed by atoms with Gasteiger partial charge in [-0.2, -0.15) is 5.10 Å². The first-order valence-electron chi connectivity index (χ1n) is 7.19. The molecule has 1 aromatic heterocycles. The average Bonchev–Trinajstić information content (AvgIpc) is 2.77. The zero-order valence-electron chi connectivity index (χ0n) is 12.8. The van der Waals surface area contributed by atoms with Crippen molar-refractivity contribution in [2.24, 2.45) is 5.73 Å². The fraction of sp³-hybridized carbons (Fsp3) is 0.438. The van der Waals surface area contributed by atoms with Crippen molar-refractivity contribution < 1.29 is 4.74 Å². The Kier molecular flexibility index (Phi) is 5.42. The van der Waals surface area contributed by atoms with Crippen LogP contribution in [0, 0.1) is 6.92 Å². The van der Waals surface area contributed by atoms with Gasteiger partial charge in [0.2, 0.25) is 0 Å². The molecule has 0 amide bonds. The minimum absolute atomic E-state index is 0.158. The maximum absolute atomic E-state index is 5.90. The first-order valence-corrected chi connectivity index (χ1v) is 7.99. The number of hydrogen-bond acceptors (Lipinski definition) is 3. The van der Waals surface area contributed by atoms with Crippen LogP contribution in [0.15, 0.2) is 28.7 Å². The maximum atomic E-state index is 5.90. The van der Waals surface area contributed by atoms with Crippen molar-refractivity contribution in [3.8, 4) is 5.75 Å². The van der Waals surface area contributed by atoms with E-state index in [4.69, 9.17) is 10.5 Å². The van der Waals surface area contributed by atoms with E-state index in [1.165, 1.54) is 5.56 Å². The lowest BCUT2D eigenvalue weighted by molar-refractivity contribution is 0.290. The Hall–Kier alpha value is -1.33. The van der Waals surface area contributed by atoms with Crippen LogP contribution in [0.3, 0.4) is 0 Å². The summed E-state index contributed by atoms with van der Waals surface area (Å²) in [6.07, 6.45) is 0.862. The van der Waals surface area contributed by atoms with Gasteiger partial charge in [0, 0.05) is 12.6 Å². The van der Waals surface area contributed by atoms with E-state index in [2.05, 4.69) is 46.2 Å². The van der Waals surface area contributed by atoms with Crippen molar-refractivity contribution in [2.75, 3.05) is 0 Å². The fourth-order valence-electron chi connectivity index (χ4n) is 2.30. The molecule has 0 saturated carbocycles. The van der Waals surface area contributed by atoms with Gasteiger partial charge in [-0.05, 0) is 66.9 Å². The summed E-state index contributed by atoms with van der Waals surface area (Å²) in [6.45, 7) is 7.44. The van der Waals surface area contributed by atoms with Gasteiger partial charge in [0.25, 0.3) is 0 Å². The molecule has 4 nitrogen and oxygen atoms in total. The Balaban J connectivity index is 2.06. The lowest BCUT2D eigenvalue weighted by atomic mass is 10.1. The van der Waals surface area contributed by atoms with E-state index in [1.54, 1.807) is 0 Å².